The Hall–Kier alpha value is -2.80. The number of phenolic OH excluding ortho intramolecular Hbond substituents is 1. The van der Waals surface area contributed by atoms with Crippen molar-refractivity contribution in [2.24, 2.45) is 0 Å². The molecule has 0 aliphatic carbocycles. The van der Waals surface area contributed by atoms with Crippen LogP contribution in [0, 0.1) is 0 Å². The Bertz CT molecular complexity index is 800. The summed E-state index contributed by atoms with van der Waals surface area (Å²) in [6, 6.07) is 6.80. The molecule has 1 aliphatic rings. The summed E-state index contributed by atoms with van der Waals surface area (Å²) >= 11 is 0. The number of aromatic nitrogens is 1. The SMILES string of the molecule is O=C1OC([C@@H](O)CCc2ccc(O)c3ncccc23)C(O)=C1O. The summed E-state index contributed by atoms with van der Waals surface area (Å²) < 4.78 is 4.73. The number of benzene rings is 1. The average molecular weight is 317 g/mol. The Labute approximate surface area is 131 Å². The molecule has 2 aromatic rings. The number of pyridine rings is 1. The molecule has 120 valence electrons. The molecule has 7 nitrogen and oxygen atoms in total. The molecule has 1 unspecified atom stereocenters. The van der Waals surface area contributed by atoms with Gasteiger partial charge in [0.15, 0.2) is 11.9 Å². The Kier molecular flexibility index (Phi) is 3.79. The van der Waals surface area contributed by atoms with Crippen molar-refractivity contribution < 1.29 is 30.0 Å². The predicted molar refractivity (Wildman–Crippen MR) is 79.9 cm³/mol. The standard InChI is InChI=1S/C16H15NO6/c18-10-5-3-8(9-2-1-7-17-12(9)10)4-6-11(19)15-13(20)14(21)16(22)23-15/h1-3,5,7,11,15,18-21H,4,6H2/t11-,15?/m0/s1. The number of aryl methyl sites for hydroxylation is 1. The van der Waals surface area contributed by atoms with Gasteiger partial charge in [-0.3, -0.25) is 4.98 Å². The van der Waals surface area contributed by atoms with E-state index in [1.807, 2.05) is 6.07 Å². The maximum absolute atomic E-state index is 11.1. The first-order chi connectivity index (χ1) is 11.0. The van der Waals surface area contributed by atoms with Crippen LogP contribution in [0.1, 0.15) is 12.0 Å². The fraction of sp³-hybridized carbons (Fsp3) is 0.250. The third-order valence-electron chi connectivity index (χ3n) is 3.84. The fourth-order valence-corrected chi connectivity index (χ4v) is 2.62. The van der Waals surface area contributed by atoms with Crippen LogP contribution in [0.4, 0.5) is 0 Å². The van der Waals surface area contributed by atoms with Crippen molar-refractivity contribution in [1.82, 2.24) is 4.98 Å². The van der Waals surface area contributed by atoms with Gasteiger partial charge in [-0.05, 0) is 30.5 Å². The van der Waals surface area contributed by atoms with Crippen molar-refractivity contribution in [3.8, 4) is 5.75 Å². The second-order valence-corrected chi connectivity index (χ2v) is 5.31. The number of hydrogen-bond donors (Lipinski definition) is 4. The number of esters is 1. The molecule has 2 atom stereocenters. The number of aromatic hydroxyl groups is 1. The lowest BCUT2D eigenvalue weighted by Crippen LogP contribution is -2.29. The van der Waals surface area contributed by atoms with Crippen LogP contribution in [0.5, 0.6) is 5.75 Å². The van der Waals surface area contributed by atoms with Gasteiger partial charge in [0.1, 0.15) is 11.3 Å². The van der Waals surface area contributed by atoms with Crippen molar-refractivity contribution in [2.45, 2.75) is 25.0 Å². The summed E-state index contributed by atoms with van der Waals surface area (Å²) in [4.78, 5) is 15.3. The van der Waals surface area contributed by atoms with Crippen LogP contribution in [0.2, 0.25) is 0 Å². The van der Waals surface area contributed by atoms with Gasteiger partial charge >= 0.3 is 5.97 Å². The number of ether oxygens (including phenoxy) is 1. The van der Waals surface area contributed by atoms with E-state index in [0.29, 0.717) is 11.9 Å². The number of carbonyl (C=O) groups is 1. The molecule has 3 rings (SSSR count). The molecule has 7 heteroatoms. The summed E-state index contributed by atoms with van der Waals surface area (Å²) in [5.41, 5.74) is 1.31. The Morgan fingerprint density at radius 3 is 2.70 bits per heavy atom. The molecule has 0 spiro atoms. The zero-order chi connectivity index (χ0) is 16.6. The summed E-state index contributed by atoms with van der Waals surface area (Å²) in [6.45, 7) is 0. The Balaban J connectivity index is 1.77. The highest BCUT2D eigenvalue weighted by Gasteiger charge is 2.38. The molecule has 0 radical (unpaired) electrons. The van der Waals surface area contributed by atoms with Crippen molar-refractivity contribution in [1.29, 1.82) is 0 Å². The van der Waals surface area contributed by atoms with Crippen LogP contribution in [0.3, 0.4) is 0 Å². The number of cyclic esters (lactones) is 1. The zero-order valence-electron chi connectivity index (χ0n) is 12.0. The number of nitrogens with zero attached hydrogens (tertiary/aromatic N) is 1. The van der Waals surface area contributed by atoms with Crippen LogP contribution in [0.25, 0.3) is 10.9 Å². The summed E-state index contributed by atoms with van der Waals surface area (Å²) in [5.74, 6) is -2.50. The fourth-order valence-electron chi connectivity index (χ4n) is 2.62. The number of carbonyl (C=O) groups excluding carboxylic acids is 1. The monoisotopic (exact) mass is 317 g/mol. The second kappa shape index (κ2) is 5.77. The van der Waals surface area contributed by atoms with Crippen LogP contribution in [-0.2, 0) is 16.0 Å². The molecule has 4 N–H and O–H groups in total. The number of aliphatic hydroxyl groups excluding tert-OH is 3. The summed E-state index contributed by atoms with van der Waals surface area (Å²) in [5, 5.41) is 39.5. The minimum Gasteiger partial charge on any atom is -0.506 e. The number of hydrogen-bond acceptors (Lipinski definition) is 7. The maximum atomic E-state index is 11.1. The van der Waals surface area contributed by atoms with Gasteiger partial charge in [-0.15, -0.1) is 0 Å². The van der Waals surface area contributed by atoms with Gasteiger partial charge in [0, 0.05) is 11.6 Å². The third-order valence-corrected chi connectivity index (χ3v) is 3.84. The lowest BCUT2D eigenvalue weighted by molar-refractivity contribution is -0.146. The highest BCUT2D eigenvalue weighted by molar-refractivity contribution is 5.89. The van der Waals surface area contributed by atoms with Crippen LogP contribution in [0.15, 0.2) is 42.0 Å². The molecule has 1 aromatic carbocycles. The first kappa shape index (κ1) is 15.1. The molecule has 0 saturated heterocycles. The topological polar surface area (TPSA) is 120 Å². The molecule has 0 fully saturated rings. The van der Waals surface area contributed by atoms with E-state index in [1.165, 1.54) is 6.07 Å². The second-order valence-electron chi connectivity index (χ2n) is 5.31. The lowest BCUT2D eigenvalue weighted by atomic mass is 9.99. The molecule has 2 heterocycles. The Morgan fingerprint density at radius 2 is 2.00 bits per heavy atom. The normalized spacial score (nSPS) is 19.2. The summed E-state index contributed by atoms with van der Waals surface area (Å²) in [7, 11) is 0. The van der Waals surface area contributed by atoms with E-state index in [9.17, 15) is 25.2 Å². The van der Waals surface area contributed by atoms with Gasteiger partial charge in [0.2, 0.25) is 5.76 Å². The number of fused-ring (bicyclic) bond motifs is 1. The van der Waals surface area contributed by atoms with E-state index < -0.39 is 29.7 Å². The van der Waals surface area contributed by atoms with Crippen molar-refractivity contribution >= 4 is 16.9 Å². The molecule has 23 heavy (non-hydrogen) atoms. The third kappa shape index (κ3) is 2.66. The molecular formula is C16H15NO6. The van der Waals surface area contributed by atoms with Crippen molar-refractivity contribution in [2.75, 3.05) is 0 Å². The zero-order valence-corrected chi connectivity index (χ0v) is 12.0. The molecule has 1 aromatic heterocycles. The maximum Gasteiger partial charge on any atom is 0.377 e. The highest BCUT2D eigenvalue weighted by Crippen LogP contribution is 2.28. The largest absolute Gasteiger partial charge is 0.506 e. The van der Waals surface area contributed by atoms with Crippen LogP contribution >= 0.6 is 0 Å². The van der Waals surface area contributed by atoms with Gasteiger partial charge < -0.3 is 25.2 Å². The van der Waals surface area contributed by atoms with Gasteiger partial charge in [-0.25, -0.2) is 4.79 Å². The van der Waals surface area contributed by atoms with E-state index in [2.05, 4.69) is 4.98 Å². The Morgan fingerprint density at radius 1 is 1.22 bits per heavy atom. The molecule has 0 bridgehead atoms. The average Bonchev–Trinajstić information content (AvgIpc) is 2.82. The number of aliphatic hydroxyl groups is 3. The van der Waals surface area contributed by atoms with Crippen molar-refractivity contribution in [3.05, 3.63) is 47.5 Å². The number of phenols is 1. The smallest absolute Gasteiger partial charge is 0.377 e. The quantitative estimate of drug-likeness (QED) is 0.630. The van der Waals surface area contributed by atoms with E-state index in [-0.39, 0.29) is 12.2 Å². The van der Waals surface area contributed by atoms with Crippen molar-refractivity contribution in [3.63, 3.8) is 0 Å². The van der Waals surface area contributed by atoms with Gasteiger partial charge in [-0.2, -0.15) is 0 Å². The van der Waals surface area contributed by atoms with E-state index in [0.717, 1.165) is 10.9 Å². The van der Waals surface area contributed by atoms with Crippen LogP contribution in [-0.4, -0.2) is 43.6 Å². The van der Waals surface area contributed by atoms with Crippen LogP contribution < -0.4 is 0 Å². The van der Waals surface area contributed by atoms with Gasteiger partial charge in [0.25, 0.3) is 0 Å². The predicted octanol–water partition coefficient (Wildman–Crippen LogP) is 1.49. The van der Waals surface area contributed by atoms with E-state index in [4.69, 9.17) is 4.74 Å². The minimum absolute atomic E-state index is 0.0696. The minimum atomic E-state index is -1.26. The first-order valence-electron chi connectivity index (χ1n) is 7.05. The van der Waals surface area contributed by atoms with E-state index in [1.54, 1.807) is 18.3 Å². The first-order valence-corrected chi connectivity index (χ1v) is 7.05. The molecule has 0 amide bonds. The van der Waals surface area contributed by atoms with Gasteiger partial charge in [-0.1, -0.05) is 12.1 Å². The molecule has 0 saturated carbocycles. The van der Waals surface area contributed by atoms with Gasteiger partial charge in [0.05, 0.1) is 6.10 Å². The molecule has 1 aliphatic heterocycles. The molecular weight excluding hydrogens is 302 g/mol. The number of rotatable bonds is 4. The lowest BCUT2D eigenvalue weighted by Gasteiger charge is -2.17. The summed E-state index contributed by atoms with van der Waals surface area (Å²) in [6.07, 6.45) is -0.256. The highest BCUT2D eigenvalue weighted by atomic mass is 16.6. The van der Waals surface area contributed by atoms with E-state index >= 15 is 0 Å².